The van der Waals surface area contributed by atoms with Crippen LogP contribution in [-0.4, -0.2) is 15.5 Å². The van der Waals surface area contributed by atoms with Crippen LogP contribution in [0.1, 0.15) is 28.5 Å². The summed E-state index contributed by atoms with van der Waals surface area (Å²) in [5, 5.41) is 3.95. The van der Waals surface area contributed by atoms with Gasteiger partial charge in [-0.3, -0.25) is 4.79 Å². The lowest BCUT2D eigenvalue weighted by molar-refractivity contribution is 0.102. The smallest absolute Gasteiger partial charge is 0.256 e. The molecular weight excluding hydrogens is 354 g/mol. The van der Waals surface area contributed by atoms with E-state index in [4.69, 9.17) is 0 Å². The van der Waals surface area contributed by atoms with Crippen molar-refractivity contribution >= 4 is 38.6 Å². The summed E-state index contributed by atoms with van der Waals surface area (Å²) in [6.07, 6.45) is 1.66. The zero-order chi connectivity index (χ0) is 16.6. The quantitative estimate of drug-likeness (QED) is 0.725. The van der Waals surface area contributed by atoms with E-state index in [0.717, 1.165) is 16.4 Å². The van der Waals surface area contributed by atoms with Gasteiger partial charge in [0.25, 0.3) is 5.91 Å². The third kappa shape index (κ3) is 2.88. The number of nitrogens with zero attached hydrogens (tertiary/aromatic N) is 2. The Bertz CT molecular complexity index is 881. The van der Waals surface area contributed by atoms with E-state index in [2.05, 4.69) is 51.6 Å². The molecule has 0 saturated carbocycles. The molecule has 23 heavy (non-hydrogen) atoms. The van der Waals surface area contributed by atoms with Crippen molar-refractivity contribution < 1.29 is 4.79 Å². The van der Waals surface area contributed by atoms with Crippen molar-refractivity contribution in [2.75, 3.05) is 5.32 Å². The Morgan fingerprint density at radius 2 is 2.04 bits per heavy atom. The number of carbonyl (C=O) groups is 1. The van der Waals surface area contributed by atoms with Gasteiger partial charge in [-0.05, 0) is 72.6 Å². The highest BCUT2D eigenvalue weighted by Crippen LogP contribution is 2.26. The van der Waals surface area contributed by atoms with Crippen molar-refractivity contribution in [2.45, 2.75) is 27.3 Å². The second-order valence-corrected chi connectivity index (χ2v) is 6.42. The average Bonchev–Trinajstić information content (AvgIpc) is 2.80. The number of nitrogens with one attached hydrogen (secondary N) is 1. The molecule has 3 rings (SSSR count). The number of aromatic nitrogens is 2. The number of pyridine rings is 1. The van der Waals surface area contributed by atoms with Gasteiger partial charge in [0.1, 0.15) is 5.82 Å². The minimum atomic E-state index is -0.150. The van der Waals surface area contributed by atoms with E-state index in [0.29, 0.717) is 11.4 Å². The van der Waals surface area contributed by atoms with Crippen LogP contribution in [-0.2, 0) is 6.54 Å². The van der Waals surface area contributed by atoms with E-state index >= 15 is 0 Å². The molecule has 0 unspecified atom stereocenters. The normalized spacial score (nSPS) is 11.0. The Morgan fingerprint density at radius 3 is 2.70 bits per heavy atom. The van der Waals surface area contributed by atoms with Crippen molar-refractivity contribution in [3.05, 3.63) is 57.8 Å². The van der Waals surface area contributed by atoms with Gasteiger partial charge >= 0.3 is 0 Å². The first kappa shape index (κ1) is 15.7. The molecule has 0 saturated heterocycles. The summed E-state index contributed by atoms with van der Waals surface area (Å²) >= 11 is 3.33. The van der Waals surface area contributed by atoms with Crippen LogP contribution in [0.5, 0.6) is 0 Å². The van der Waals surface area contributed by atoms with Crippen molar-refractivity contribution in [3.8, 4) is 0 Å². The van der Waals surface area contributed by atoms with Gasteiger partial charge in [0.05, 0.1) is 0 Å². The van der Waals surface area contributed by atoms with Crippen LogP contribution in [0.3, 0.4) is 0 Å². The summed E-state index contributed by atoms with van der Waals surface area (Å²) < 4.78 is 3.15. The number of halogens is 1. The molecule has 0 bridgehead atoms. The summed E-state index contributed by atoms with van der Waals surface area (Å²) in [6.45, 7) is 7.27. The maximum atomic E-state index is 12.4. The van der Waals surface area contributed by atoms with Crippen molar-refractivity contribution in [2.24, 2.45) is 0 Å². The summed E-state index contributed by atoms with van der Waals surface area (Å²) in [6, 6.07) is 9.45. The predicted octanol–water partition coefficient (Wildman–Crippen LogP) is 4.69. The van der Waals surface area contributed by atoms with E-state index in [1.54, 1.807) is 12.3 Å². The lowest BCUT2D eigenvalue weighted by Gasteiger charge is -2.06. The molecular formula is C18H18BrN3O. The van der Waals surface area contributed by atoms with Gasteiger partial charge in [0.15, 0.2) is 0 Å². The van der Waals surface area contributed by atoms with E-state index in [1.807, 2.05) is 24.3 Å². The molecule has 3 aromatic rings. The number of amides is 1. The van der Waals surface area contributed by atoms with Crippen LogP contribution in [0.25, 0.3) is 10.9 Å². The molecule has 0 radical (unpaired) electrons. The fraction of sp³-hybridized carbons (Fsp3) is 0.222. The number of benzene rings is 1. The Balaban J connectivity index is 1.95. The highest BCUT2D eigenvalue weighted by molar-refractivity contribution is 9.10. The van der Waals surface area contributed by atoms with Crippen LogP contribution in [0.15, 0.2) is 41.0 Å². The molecule has 0 aliphatic carbocycles. The Kier molecular flexibility index (Phi) is 4.22. The van der Waals surface area contributed by atoms with Gasteiger partial charge in [-0.1, -0.05) is 0 Å². The van der Waals surface area contributed by atoms with Crippen molar-refractivity contribution in [1.82, 2.24) is 9.55 Å². The first-order valence-corrected chi connectivity index (χ1v) is 8.33. The van der Waals surface area contributed by atoms with Gasteiger partial charge in [-0.15, -0.1) is 0 Å². The molecule has 1 aromatic carbocycles. The molecule has 1 amide bonds. The summed E-state index contributed by atoms with van der Waals surface area (Å²) in [5.74, 6) is 0.389. The Hall–Kier alpha value is -2.14. The second kappa shape index (κ2) is 6.16. The highest BCUT2D eigenvalue weighted by atomic mass is 79.9. The van der Waals surface area contributed by atoms with E-state index in [-0.39, 0.29) is 5.91 Å². The SMILES string of the molecule is CCn1c(C)c(C)c2cc(C(=O)Nc3ccc(Br)cn3)ccc21. The standard InChI is InChI=1S/C18H18BrN3O/c1-4-22-12(3)11(2)15-9-13(5-7-16(15)22)18(23)21-17-8-6-14(19)10-20-17/h5-10H,4H2,1-3H3,(H,20,21,23). The maximum absolute atomic E-state index is 12.4. The molecule has 0 aliphatic rings. The van der Waals surface area contributed by atoms with Gasteiger partial charge in [0, 0.05) is 39.4 Å². The first-order valence-electron chi connectivity index (χ1n) is 7.53. The number of aryl methyl sites for hydroxylation is 2. The van der Waals surface area contributed by atoms with Crippen molar-refractivity contribution in [3.63, 3.8) is 0 Å². The summed E-state index contributed by atoms with van der Waals surface area (Å²) in [7, 11) is 0. The van der Waals surface area contributed by atoms with E-state index in [1.165, 1.54) is 16.8 Å². The number of fused-ring (bicyclic) bond motifs is 1. The predicted molar refractivity (Wildman–Crippen MR) is 97.0 cm³/mol. The van der Waals surface area contributed by atoms with Gasteiger partial charge in [-0.25, -0.2) is 4.98 Å². The van der Waals surface area contributed by atoms with Crippen LogP contribution in [0.2, 0.25) is 0 Å². The fourth-order valence-corrected chi connectivity index (χ4v) is 3.07. The lowest BCUT2D eigenvalue weighted by atomic mass is 10.1. The molecule has 1 N–H and O–H groups in total. The molecule has 0 atom stereocenters. The highest BCUT2D eigenvalue weighted by Gasteiger charge is 2.13. The largest absolute Gasteiger partial charge is 0.345 e. The topological polar surface area (TPSA) is 46.9 Å². The minimum absolute atomic E-state index is 0.150. The number of anilines is 1. The first-order chi connectivity index (χ1) is 11.0. The number of hydrogen-bond acceptors (Lipinski definition) is 2. The van der Waals surface area contributed by atoms with Crippen molar-refractivity contribution in [1.29, 1.82) is 0 Å². The molecule has 4 nitrogen and oxygen atoms in total. The molecule has 2 heterocycles. The Labute approximate surface area is 143 Å². The molecule has 0 fully saturated rings. The monoisotopic (exact) mass is 371 g/mol. The van der Waals surface area contributed by atoms with Gasteiger partial charge in [-0.2, -0.15) is 0 Å². The third-order valence-corrected chi connectivity index (χ3v) is 4.66. The molecule has 0 aliphatic heterocycles. The minimum Gasteiger partial charge on any atom is -0.345 e. The Morgan fingerprint density at radius 1 is 1.26 bits per heavy atom. The van der Waals surface area contributed by atoms with Crippen LogP contribution in [0.4, 0.5) is 5.82 Å². The third-order valence-electron chi connectivity index (χ3n) is 4.19. The molecule has 5 heteroatoms. The van der Waals surface area contributed by atoms with Crippen LogP contribution < -0.4 is 5.32 Å². The number of carbonyl (C=O) groups excluding carboxylic acids is 1. The number of rotatable bonds is 3. The fourth-order valence-electron chi connectivity index (χ4n) is 2.84. The van der Waals surface area contributed by atoms with E-state index in [9.17, 15) is 4.79 Å². The summed E-state index contributed by atoms with van der Waals surface area (Å²) in [5.41, 5.74) is 4.27. The number of hydrogen-bond donors (Lipinski definition) is 1. The van der Waals surface area contributed by atoms with Gasteiger partial charge < -0.3 is 9.88 Å². The summed E-state index contributed by atoms with van der Waals surface area (Å²) in [4.78, 5) is 16.6. The zero-order valence-electron chi connectivity index (χ0n) is 13.4. The van der Waals surface area contributed by atoms with Gasteiger partial charge in [0.2, 0.25) is 0 Å². The van der Waals surface area contributed by atoms with E-state index < -0.39 is 0 Å². The lowest BCUT2D eigenvalue weighted by Crippen LogP contribution is -2.12. The maximum Gasteiger partial charge on any atom is 0.256 e. The van der Waals surface area contributed by atoms with Crippen LogP contribution in [0, 0.1) is 13.8 Å². The molecule has 118 valence electrons. The molecule has 2 aromatic heterocycles. The molecule has 0 spiro atoms. The zero-order valence-corrected chi connectivity index (χ0v) is 14.9. The second-order valence-electron chi connectivity index (χ2n) is 5.50. The average molecular weight is 372 g/mol. The van der Waals surface area contributed by atoms with Crippen LogP contribution >= 0.6 is 15.9 Å².